The molecule has 11 aromatic carbocycles. The molecule has 0 unspecified atom stereocenters. The van der Waals surface area contributed by atoms with Crippen LogP contribution in [-0.4, -0.2) is 22.9 Å². The van der Waals surface area contributed by atoms with E-state index in [1.807, 2.05) is 0 Å². The molecule has 14 rings (SSSR count). The molecule has 0 amide bonds. The molecule has 0 saturated carbocycles. The number of para-hydroxylation sites is 5. The van der Waals surface area contributed by atoms with Gasteiger partial charge in [0.2, 0.25) is 0 Å². The molecule has 3 heterocycles. The monoisotopic (exact) mass is 1080 g/mol. The maximum absolute atomic E-state index is 7.72. The molecule has 0 spiro atoms. The Morgan fingerprint density at radius 2 is 0.704 bits per heavy atom. The van der Waals surface area contributed by atoms with Gasteiger partial charge in [0.05, 0.1) is 5.69 Å². The van der Waals surface area contributed by atoms with Gasteiger partial charge in [0, 0.05) is 28.4 Å². The SMILES string of the molecule is CC(C)c1cc(C(C)C)c(B2c3cc(N4c5ccccc5[Si](c5ccccc5)(c5ccccc5)c5ccccc54)ccc3Oc3c2cccc3N2c3ccccc3[Si](c3ccccc3)(c3ccccc3)c3ccccc32)c(C(C)C)c1. The Hall–Kier alpha value is -8.68. The quantitative estimate of drug-likeness (QED) is 0.127. The first-order valence-electron chi connectivity index (χ1n) is 29.0. The summed E-state index contributed by atoms with van der Waals surface area (Å²) in [6, 6.07) is 101. The smallest absolute Gasteiger partial charge is 0.251 e. The van der Waals surface area contributed by atoms with Crippen molar-refractivity contribution in [2.75, 3.05) is 9.80 Å². The molecule has 0 N–H and O–H groups in total. The normalized spacial score (nSPS) is 14.4. The highest BCUT2D eigenvalue weighted by Crippen LogP contribution is 2.46. The Kier molecular flexibility index (Phi) is 12.6. The summed E-state index contributed by atoms with van der Waals surface area (Å²) in [5, 5.41) is 11.0. The molecule has 0 saturated heterocycles. The number of hydrogen-bond acceptors (Lipinski definition) is 3. The van der Waals surface area contributed by atoms with Crippen LogP contribution in [0.15, 0.2) is 267 Å². The Bertz CT molecular complexity index is 3960. The highest BCUT2D eigenvalue weighted by molar-refractivity contribution is 7.22. The van der Waals surface area contributed by atoms with Crippen molar-refractivity contribution in [3.63, 3.8) is 0 Å². The molecule has 0 aliphatic carbocycles. The molecular formula is C75H65BN2OSi2. The summed E-state index contributed by atoms with van der Waals surface area (Å²) < 4.78 is 7.72. The van der Waals surface area contributed by atoms with Crippen LogP contribution in [0.3, 0.4) is 0 Å². The second kappa shape index (κ2) is 20.1. The lowest BCUT2D eigenvalue weighted by molar-refractivity contribution is 0.488. The summed E-state index contributed by atoms with van der Waals surface area (Å²) in [6.45, 7) is 14.1. The number of rotatable bonds is 10. The molecule has 0 radical (unpaired) electrons. The van der Waals surface area contributed by atoms with Crippen LogP contribution in [0.25, 0.3) is 0 Å². The molecule has 6 heteroatoms. The van der Waals surface area contributed by atoms with Crippen molar-refractivity contribution in [2.24, 2.45) is 0 Å². The fourth-order valence-electron chi connectivity index (χ4n) is 14.3. The maximum atomic E-state index is 7.72. The van der Waals surface area contributed by atoms with E-state index in [9.17, 15) is 0 Å². The van der Waals surface area contributed by atoms with Crippen LogP contribution in [0.5, 0.6) is 11.5 Å². The Morgan fingerprint density at radius 3 is 1.10 bits per heavy atom. The predicted molar refractivity (Wildman–Crippen MR) is 350 cm³/mol. The van der Waals surface area contributed by atoms with Crippen LogP contribution in [0.2, 0.25) is 0 Å². The number of benzene rings is 11. The van der Waals surface area contributed by atoms with E-state index in [0.29, 0.717) is 5.92 Å². The fraction of sp³-hybridized carbons (Fsp3) is 0.120. The second-order valence-electron chi connectivity index (χ2n) is 23.2. The Morgan fingerprint density at radius 1 is 0.333 bits per heavy atom. The number of hydrogen-bond donors (Lipinski definition) is 0. The van der Waals surface area contributed by atoms with Gasteiger partial charge < -0.3 is 14.5 Å². The molecule has 392 valence electrons. The minimum atomic E-state index is -2.87. The summed E-state index contributed by atoms with van der Waals surface area (Å²) >= 11 is 0. The molecule has 0 fully saturated rings. The third-order valence-corrected chi connectivity index (χ3v) is 27.6. The third-order valence-electron chi connectivity index (χ3n) is 17.8. The van der Waals surface area contributed by atoms with Gasteiger partial charge >= 0.3 is 0 Å². The van der Waals surface area contributed by atoms with Gasteiger partial charge in [0.15, 0.2) is 16.1 Å². The highest BCUT2D eigenvalue weighted by atomic mass is 28.3. The topological polar surface area (TPSA) is 15.7 Å². The van der Waals surface area contributed by atoms with Crippen molar-refractivity contribution in [3.05, 3.63) is 284 Å². The van der Waals surface area contributed by atoms with Gasteiger partial charge in [-0.1, -0.05) is 265 Å². The average Bonchev–Trinajstić information content (AvgIpc) is 2.50. The highest BCUT2D eigenvalue weighted by Gasteiger charge is 2.51. The fourth-order valence-corrected chi connectivity index (χ4v) is 24.6. The van der Waals surface area contributed by atoms with Crippen molar-refractivity contribution in [1.29, 1.82) is 0 Å². The minimum Gasteiger partial charge on any atom is -0.456 e. The van der Waals surface area contributed by atoms with E-state index >= 15 is 0 Å². The lowest BCUT2D eigenvalue weighted by Crippen LogP contribution is -2.77. The summed E-state index contributed by atoms with van der Waals surface area (Å²) in [4.78, 5) is 5.08. The molecule has 0 aromatic heterocycles. The molecule has 3 aliphatic rings. The number of anilines is 6. The zero-order valence-corrected chi connectivity index (χ0v) is 49.0. The molecule has 3 nitrogen and oxygen atoms in total. The summed E-state index contributed by atoms with van der Waals surface area (Å²) in [7, 11) is -5.71. The minimum absolute atomic E-state index is 0.158. The molecule has 11 aromatic rings. The molecule has 3 aliphatic heterocycles. The van der Waals surface area contributed by atoms with Gasteiger partial charge in [-0.3, -0.25) is 0 Å². The van der Waals surface area contributed by atoms with Gasteiger partial charge in [-0.15, -0.1) is 0 Å². The van der Waals surface area contributed by atoms with E-state index in [1.54, 1.807) is 0 Å². The van der Waals surface area contributed by atoms with Crippen LogP contribution in [0.4, 0.5) is 34.1 Å². The lowest BCUT2D eigenvalue weighted by Gasteiger charge is -2.46. The van der Waals surface area contributed by atoms with Gasteiger partial charge in [-0.2, -0.15) is 0 Å². The van der Waals surface area contributed by atoms with Crippen molar-refractivity contribution in [1.82, 2.24) is 0 Å². The van der Waals surface area contributed by atoms with Crippen LogP contribution >= 0.6 is 0 Å². The van der Waals surface area contributed by atoms with Crippen molar-refractivity contribution < 1.29 is 4.74 Å². The zero-order chi connectivity index (χ0) is 55.0. The first kappa shape index (κ1) is 50.5. The van der Waals surface area contributed by atoms with Crippen molar-refractivity contribution >= 4 is 115 Å². The van der Waals surface area contributed by atoms with Gasteiger partial charge in [-0.05, 0) is 135 Å². The van der Waals surface area contributed by atoms with Crippen LogP contribution in [0, 0.1) is 0 Å². The third kappa shape index (κ3) is 7.75. The van der Waals surface area contributed by atoms with E-state index in [0.717, 1.165) is 22.9 Å². The van der Waals surface area contributed by atoms with Crippen molar-refractivity contribution in [2.45, 2.75) is 59.3 Å². The molecular weight excluding hydrogens is 1010 g/mol. The largest absolute Gasteiger partial charge is 0.456 e. The van der Waals surface area contributed by atoms with Gasteiger partial charge in [0.25, 0.3) is 6.71 Å². The van der Waals surface area contributed by atoms with Crippen LogP contribution in [0.1, 0.15) is 76.0 Å². The van der Waals surface area contributed by atoms with Crippen molar-refractivity contribution in [3.8, 4) is 11.5 Å². The van der Waals surface area contributed by atoms with Crippen LogP contribution in [-0.2, 0) is 0 Å². The number of nitrogens with zero attached hydrogens (tertiary/aromatic N) is 2. The molecule has 0 bridgehead atoms. The van der Waals surface area contributed by atoms with Crippen LogP contribution < -0.4 is 72.4 Å². The summed E-state index contributed by atoms with van der Waals surface area (Å²) in [6.07, 6.45) is 0. The Labute approximate surface area is 480 Å². The number of fused-ring (bicyclic) bond motifs is 6. The standard InChI is InChI=1S/C75H65BN2OSi2/c1-51(2)54-48-60(52(3)4)74(61(49-54)53(5)6)76-62-36-27-41-68(78-66-39-21-25-44-72(66)81(58-32-15-9-16-33-58,59-34-17-10-18-35-59)73-45-26-22-40-67(73)78)75(62)79-69-47-46-55(50-63(69)76)77-64-37-19-23-42-70(64)80(56-28-11-7-12-29-56,57-30-13-8-14-31-57)71-43-24-20-38-65(71)77/h7-53H,1-6H3. The van der Waals surface area contributed by atoms with E-state index in [4.69, 9.17) is 4.74 Å². The second-order valence-corrected chi connectivity index (χ2v) is 30.7. The van der Waals surface area contributed by atoms with E-state index < -0.39 is 16.1 Å². The summed E-state index contributed by atoms with van der Waals surface area (Å²) in [5.74, 6) is 2.69. The molecule has 0 atom stereocenters. The van der Waals surface area contributed by atoms with Gasteiger partial charge in [-0.25, -0.2) is 0 Å². The number of ether oxygens (including phenoxy) is 1. The zero-order valence-electron chi connectivity index (χ0n) is 47.0. The first-order valence-corrected chi connectivity index (χ1v) is 33.0. The average molecular weight is 1080 g/mol. The maximum Gasteiger partial charge on any atom is 0.251 e. The van der Waals surface area contributed by atoms with E-state index in [-0.39, 0.29) is 18.5 Å². The lowest BCUT2D eigenvalue weighted by atomic mass is 9.33. The van der Waals surface area contributed by atoms with Gasteiger partial charge in [0.1, 0.15) is 11.5 Å². The Balaban J connectivity index is 1.02. The van der Waals surface area contributed by atoms with E-state index in [2.05, 4.69) is 318 Å². The molecule has 81 heavy (non-hydrogen) atoms. The summed E-state index contributed by atoms with van der Waals surface area (Å²) in [5.41, 5.74) is 14.9. The predicted octanol–water partition coefficient (Wildman–Crippen LogP) is 12.0. The first-order chi connectivity index (χ1) is 39.7. The van der Waals surface area contributed by atoms with E-state index in [1.165, 1.54) is 97.3 Å².